The number of carbonyl (C=O) groups is 1. The Morgan fingerprint density at radius 3 is 2.48 bits per heavy atom. The fourth-order valence-electron chi connectivity index (χ4n) is 4.88. The molecule has 1 aliphatic carbocycles. The van der Waals surface area contributed by atoms with E-state index in [-0.39, 0.29) is 31.9 Å². The number of likely N-dealkylation sites (tertiary alicyclic amines) is 1. The molecule has 2 atom stereocenters. The monoisotopic (exact) mass is 548 g/mol. The molecule has 2 aromatic heterocycles. The van der Waals surface area contributed by atoms with Crippen LogP contribution in [-0.4, -0.2) is 51.9 Å². The lowest BCUT2D eigenvalue weighted by atomic mass is 9.85. The molecule has 1 fully saturated rings. The molecule has 1 aromatic carbocycles. The number of ether oxygens (including phenoxy) is 1. The van der Waals surface area contributed by atoms with Crippen molar-refractivity contribution in [3.8, 4) is 5.75 Å². The van der Waals surface area contributed by atoms with Crippen LogP contribution in [0, 0.1) is 10.8 Å². The van der Waals surface area contributed by atoms with Gasteiger partial charge in [0.25, 0.3) is 0 Å². The second-order valence-corrected chi connectivity index (χ2v) is 11.3. The zero-order valence-corrected chi connectivity index (χ0v) is 23.8. The minimum absolute atomic E-state index is 0. The molecule has 10 nitrogen and oxygen atoms in total. The summed E-state index contributed by atoms with van der Waals surface area (Å²) in [6.07, 6.45) is 8.21. The molecule has 5 rings (SSSR count). The van der Waals surface area contributed by atoms with Gasteiger partial charge in [0, 0.05) is 14.3 Å². The number of amides is 2. The summed E-state index contributed by atoms with van der Waals surface area (Å²) in [5.74, 6) is 1.04. The van der Waals surface area contributed by atoms with E-state index in [0.29, 0.717) is 24.4 Å². The minimum Gasteiger partial charge on any atom is -0.484 e. The van der Waals surface area contributed by atoms with E-state index in [9.17, 15) is 4.79 Å². The normalized spacial score (nSPS) is 18.6. The topological polar surface area (TPSA) is 132 Å². The Labute approximate surface area is 238 Å². The van der Waals surface area contributed by atoms with Crippen molar-refractivity contribution in [3.63, 3.8) is 0 Å². The van der Waals surface area contributed by atoms with Crippen molar-refractivity contribution in [2.75, 3.05) is 25.5 Å². The highest BCUT2D eigenvalue weighted by atomic mass is 16.5. The van der Waals surface area contributed by atoms with E-state index < -0.39 is 0 Å². The number of carbonyl (C=O) groups excluding carboxylic acids is 1. The van der Waals surface area contributed by atoms with Gasteiger partial charge in [-0.15, -0.1) is 0 Å². The second-order valence-electron chi connectivity index (χ2n) is 11.3. The number of fused-ring (bicyclic) bond motifs is 1. The zero-order valence-electron chi connectivity index (χ0n) is 23.8. The predicted octanol–water partition coefficient (Wildman–Crippen LogP) is 5.49. The Morgan fingerprint density at radius 2 is 1.82 bits per heavy atom. The van der Waals surface area contributed by atoms with Crippen LogP contribution < -0.4 is 20.9 Å². The first kappa shape index (κ1) is 28.9. The van der Waals surface area contributed by atoms with Gasteiger partial charge in [0.05, 0.1) is 24.3 Å². The van der Waals surface area contributed by atoms with Gasteiger partial charge < -0.3 is 15.0 Å². The third kappa shape index (κ3) is 7.53. The smallest absolute Gasteiger partial charge is 0.320 e. The van der Waals surface area contributed by atoms with Gasteiger partial charge in [-0.05, 0) is 69.1 Å². The van der Waals surface area contributed by atoms with Crippen molar-refractivity contribution in [3.05, 3.63) is 77.3 Å². The van der Waals surface area contributed by atoms with Crippen molar-refractivity contribution in [2.45, 2.75) is 64.0 Å². The molecule has 3 aromatic rings. The molecule has 0 bridgehead atoms. The molecule has 3 heterocycles. The van der Waals surface area contributed by atoms with E-state index in [2.05, 4.69) is 53.3 Å². The summed E-state index contributed by atoms with van der Waals surface area (Å²) in [4.78, 5) is 23.6. The lowest BCUT2D eigenvalue weighted by Crippen LogP contribution is -2.36. The van der Waals surface area contributed by atoms with E-state index in [4.69, 9.17) is 15.6 Å². The molecule has 40 heavy (non-hydrogen) atoms. The molecule has 216 valence electrons. The standard InChI is InChI=1S/C25H29N7O2.C5H11N.2H2/c1-25(2,3)21-12-23(29-15-28-21)31-24(33)30-19-9-10-20(18-7-5-4-6-17(18)19)34-16-8-11-22(27)32(13-16)14-26;1-6-4-2-3-5-6;;/h4-8,11-15,19-20,26-27H,9-10H2,1-3H3,(H2,28,29,30,31,33);2-5H2,1H3;2*1H/t19-,20+;;;/m0.../s1. The highest BCUT2D eigenvalue weighted by Crippen LogP contribution is 2.38. The Kier molecular flexibility index (Phi) is 9.31. The van der Waals surface area contributed by atoms with Crippen molar-refractivity contribution in [1.29, 1.82) is 10.8 Å². The van der Waals surface area contributed by atoms with Crippen LogP contribution in [0.2, 0.25) is 0 Å². The molecule has 0 spiro atoms. The first-order valence-electron chi connectivity index (χ1n) is 13.8. The van der Waals surface area contributed by atoms with Crippen LogP contribution in [0.3, 0.4) is 0 Å². The summed E-state index contributed by atoms with van der Waals surface area (Å²) in [7, 11) is 2.17. The van der Waals surface area contributed by atoms with Gasteiger partial charge >= 0.3 is 6.03 Å². The third-order valence-electron chi connectivity index (χ3n) is 7.12. The lowest BCUT2D eigenvalue weighted by Gasteiger charge is -2.32. The number of pyridine rings is 1. The number of rotatable bonds is 5. The maximum atomic E-state index is 12.8. The largest absolute Gasteiger partial charge is 0.484 e. The number of hydrogen-bond donors (Lipinski definition) is 4. The Hall–Kier alpha value is -4.05. The zero-order chi connectivity index (χ0) is 28.7. The summed E-state index contributed by atoms with van der Waals surface area (Å²) in [6, 6.07) is 12.6. The van der Waals surface area contributed by atoms with Crippen LogP contribution >= 0.6 is 0 Å². The molecule has 2 amide bonds. The van der Waals surface area contributed by atoms with Crippen molar-refractivity contribution in [2.24, 2.45) is 0 Å². The van der Waals surface area contributed by atoms with Gasteiger partial charge in [-0.3, -0.25) is 20.7 Å². The number of anilines is 1. The molecular formula is C30H44N8O2. The van der Waals surface area contributed by atoms with E-state index in [1.165, 1.54) is 36.8 Å². The average molecular weight is 549 g/mol. The van der Waals surface area contributed by atoms with Crippen LogP contribution in [0.15, 0.2) is 55.0 Å². The summed E-state index contributed by atoms with van der Waals surface area (Å²) in [6.45, 7) is 8.81. The van der Waals surface area contributed by atoms with Crippen LogP contribution in [0.4, 0.5) is 10.6 Å². The number of nitrogens with one attached hydrogen (secondary N) is 4. The number of urea groups is 1. The molecule has 0 saturated carbocycles. The summed E-state index contributed by atoms with van der Waals surface area (Å²) in [5, 5.41) is 21.2. The summed E-state index contributed by atoms with van der Waals surface area (Å²) >= 11 is 0. The fourth-order valence-corrected chi connectivity index (χ4v) is 4.88. The highest BCUT2D eigenvalue weighted by molar-refractivity contribution is 5.88. The van der Waals surface area contributed by atoms with E-state index in [1.54, 1.807) is 24.4 Å². The quantitative estimate of drug-likeness (QED) is 0.247. The summed E-state index contributed by atoms with van der Waals surface area (Å²) < 4.78 is 7.61. The van der Waals surface area contributed by atoms with E-state index in [0.717, 1.165) is 23.2 Å². The van der Waals surface area contributed by atoms with Gasteiger partial charge in [-0.25, -0.2) is 14.8 Å². The predicted molar refractivity (Wildman–Crippen MR) is 160 cm³/mol. The SMILES string of the molecule is CC(C)(C)c1cc(NC(=O)N[C@H]2CC[C@@H](Oc3ccc(=N)n(C=N)c3)c3ccccc32)ncn1.CN1CCCC1.[HH].[HH]. The minimum atomic E-state index is -0.323. The van der Waals surface area contributed by atoms with Gasteiger partial charge in [-0.1, -0.05) is 45.0 Å². The number of aromatic nitrogens is 3. The van der Waals surface area contributed by atoms with Crippen LogP contribution in [0.5, 0.6) is 5.75 Å². The molecule has 1 aliphatic heterocycles. The third-order valence-corrected chi connectivity index (χ3v) is 7.12. The number of benzene rings is 1. The molecule has 0 radical (unpaired) electrons. The van der Waals surface area contributed by atoms with Crippen molar-refractivity contribution in [1.82, 2.24) is 24.8 Å². The number of hydrogen-bond acceptors (Lipinski definition) is 7. The number of nitrogens with zero attached hydrogens (tertiary/aromatic N) is 4. The molecule has 0 unspecified atom stereocenters. The molecule has 2 aliphatic rings. The van der Waals surface area contributed by atoms with Crippen molar-refractivity contribution >= 4 is 18.2 Å². The van der Waals surface area contributed by atoms with Gasteiger partial charge in [-0.2, -0.15) is 0 Å². The Morgan fingerprint density at radius 1 is 1.10 bits per heavy atom. The Balaban J connectivity index is 0.000000687. The Bertz CT molecular complexity index is 1390. The highest BCUT2D eigenvalue weighted by Gasteiger charge is 2.29. The van der Waals surface area contributed by atoms with Gasteiger partial charge in [0.15, 0.2) is 0 Å². The van der Waals surface area contributed by atoms with Crippen LogP contribution in [0.25, 0.3) is 0 Å². The molecule has 10 heteroatoms. The van der Waals surface area contributed by atoms with E-state index in [1.807, 2.05) is 24.3 Å². The maximum absolute atomic E-state index is 12.8. The molecule has 1 saturated heterocycles. The van der Waals surface area contributed by atoms with Gasteiger partial charge in [0.1, 0.15) is 29.5 Å². The second kappa shape index (κ2) is 12.9. The van der Waals surface area contributed by atoms with Crippen molar-refractivity contribution < 1.29 is 12.4 Å². The first-order valence-corrected chi connectivity index (χ1v) is 13.8. The van der Waals surface area contributed by atoms with Crippen LogP contribution in [-0.2, 0) is 5.41 Å². The molecular weight excluding hydrogens is 504 g/mol. The summed E-state index contributed by atoms with van der Waals surface area (Å²) in [5.41, 5.74) is 2.92. The molecule has 4 N–H and O–H groups in total. The fraction of sp³-hybridized carbons (Fsp3) is 0.433. The van der Waals surface area contributed by atoms with E-state index >= 15 is 0 Å². The van der Waals surface area contributed by atoms with Gasteiger partial charge in [0.2, 0.25) is 0 Å². The van der Waals surface area contributed by atoms with Crippen LogP contribution in [0.1, 0.15) is 78.3 Å². The first-order chi connectivity index (χ1) is 19.1. The lowest BCUT2D eigenvalue weighted by molar-refractivity contribution is 0.171. The average Bonchev–Trinajstić information content (AvgIpc) is 3.42. The maximum Gasteiger partial charge on any atom is 0.320 e.